The maximum absolute atomic E-state index is 14.0. The van der Waals surface area contributed by atoms with Crippen molar-refractivity contribution in [3.63, 3.8) is 0 Å². The Hall–Kier alpha value is -1.68. The highest BCUT2D eigenvalue weighted by molar-refractivity contribution is 7.91. The Bertz CT molecular complexity index is 579. The number of hydrogen-bond donors (Lipinski definition) is 0. The number of hydrogen-bond acceptors (Lipinski definition) is 2. The molecule has 4 heteroatoms. The van der Waals surface area contributed by atoms with Crippen LogP contribution in [0, 0.1) is 0 Å². The molecule has 2 aromatic rings. The van der Waals surface area contributed by atoms with E-state index in [1.807, 2.05) is 0 Å². The second-order valence-electron chi connectivity index (χ2n) is 3.58. The van der Waals surface area contributed by atoms with E-state index in [1.54, 1.807) is 36.4 Å². The van der Waals surface area contributed by atoms with E-state index in [-0.39, 0.29) is 10.5 Å². The third-order valence-corrected chi connectivity index (χ3v) is 4.15. The van der Waals surface area contributed by atoms with Crippen LogP contribution < -0.4 is 0 Å². The van der Waals surface area contributed by atoms with Crippen LogP contribution in [0.25, 0.3) is 0 Å². The maximum Gasteiger partial charge on any atom is 0.230 e. The van der Waals surface area contributed by atoms with Gasteiger partial charge in [0.05, 0.1) is 4.90 Å². The summed E-state index contributed by atoms with van der Waals surface area (Å²) in [4.78, 5) is -0.00338. The molecule has 0 aliphatic rings. The number of alkyl halides is 1. The van der Waals surface area contributed by atoms with Crippen molar-refractivity contribution in [2.75, 3.05) is 0 Å². The molecule has 0 aliphatic heterocycles. The lowest BCUT2D eigenvalue weighted by molar-refractivity contribution is 0.431. The SMILES string of the molecule is O=S(=O)(c1ccccc1)C(F)c1ccccc1. The summed E-state index contributed by atoms with van der Waals surface area (Å²) >= 11 is 0. The second-order valence-corrected chi connectivity index (χ2v) is 5.56. The molecule has 0 amide bonds. The molecule has 0 bridgehead atoms. The van der Waals surface area contributed by atoms with Crippen molar-refractivity contribution in [2.24, 2.45) is 0 Å². The fraction of sp³-hybridized carbons (Fsp3) is 0.0769. The Morgan fingerprint density at radius 1 is 0.824 bits per heavy atom. The molecular weight excluding hydrogens is 239 g/mol. The van der Waals surface area contributed by atoms with Crippen LogP contribution in [0.15, 0.2) is 65.6 Å². The molecule has 17 heavy (non-hydrogen) atoms. The van der Waals surface area contributed by atoms with Crippen molar-refractivity contribution < 1.29 is 12.8 Å². The topological polar surface area (TPSA) is 34.1 Å². The maximum atomic E-state index is 14.0. The number of benzene rings is 2. The van der Waals surface area contributed by atoms with Crippen LogP contribution in [0.2, 0.25) is 0 Å². The predicted octanol–water partition coefficient (Wildman–Crippen LogP) is 3.13. The van der Waals surface area contributed by atoms with Crippen LogP contribution >= 0.6 is 0 Å². The Morgan fingerprint density at radius 2 is 1.29 bits per heavy atom. The van der Waals surface area contributed by atoms with E-state index >= 15 is 0 Å². The van der Waals surface area contributed by atoms with Crippen LogP contribution in [0.1, 0.15) is 11.1 Å². The van der Waals surface area contributed by atoms with Gasteiger partial charge in [-0.2, -0.15) is 0 Å². The van der Waals surface area contributed by atoms with Gasteiger partial charge in [0.2, 0.25) is 15.3 Å². The van der Waals surface area contributed by atoms with Crippen molar-refractivity contribution >= 4 is 9.84 Å². The zero-order valence-corrected chi connectivity index (χ0v) is 9.77. The van der Waals surface area contributed by atoms with E-state index in [0.29, 0.717) is 0 Å². The minimum atomic E-state index is -3.96. The summed E-state index contributed by atoms with van der Waals surface area (Å²) in [5.74, 6) is 0. The molecule has 2 nitrogen and oxygen atoms in total. The standard InChI is InChI=1S/C13H11FO2S/c14-13(11-7-3-1-4-8-11)17(15,16)12-9-5-2-6-10-12/h1-10,13H. The van der Waals surface area contributed by atoms with Crippen LogP contribution in [0.4, 0.5) is 4.39 Å². The minimum Gasteiger partial charge on any atom is -0.224 e. The van der Waals surface area contributed by atoms with Gasteiger partial charge in [-0.05, 0) is 12.1 Å². The second kappa shape index (κ2) is 4.67. The Morgan fingerprint density at radius 3 is 1.82 bits per heavy atom. The summed E-state index contributed by atoms with van der Waals surface area (Å²) in [5, 5.41) is 0. The molecule has 0 saturated carbocycles. The smallest absolute Gasteiger partial charge is 0.224 e. The van der Waals surface area contributed by atoms with Gasteiger partial charge in [0.1, 0.15) is 0 Å². The van der Waals surface area contributed by atoms with Crippen molar-refractivity contribution in [1.29, 1.82) is 0 Å². The predicted molar refractivity (Wildman–Crippen MR) is 63.9 cm³/mol. The lowest BCUT2D eigenvalue weighted by atomic mass is 10.2. The zero-order chi connectivity index (χ0) is 12.3. The fourth-order valence-corrected chi connectivity index (χ4v) is 2.80. The summed E-state index contributed by atoms with van der Waals surface area (Å²) in [7, 11) is -3.96. The van der Waals surface area contributed by atoms with E-state index in [9.17, 15) is 12.8 Å². The molecule has 1 atom stereocenters. The molecule has 1 unspecified atom stereocenters. The van der Waals surface area contributed by atoms with E-state index < -0.39 is 15.3 Å². The highest BCUT2D eigenvalue weighted by Crippen LogP contribution is 2.29. The zero-order valence-electron chi connectivity index (χ0n) is 8.95. The fourth-order valence-electron chi connectivity index (χ4n) is 1.51. The molecule has 0 radical (unpaired) electrons. The molecule has 0 aromatic heterocycles. The third-order valence-electron chi connectivity index (χ3n) is 2.41. The Labute approximate surface area is 99.6 Å². The summed E-state index contributed by atoms with van der Waals surface area (Å²) in [6.07, 6.45) is 0. The third kappa shape index (κ3) is 2.36. The average Bonchev–Trinajstić information content (AvgIpc) is 2.40. The molecule has 0 fully saturated rings. The number of rotatable bonds is 3. The van der Waals surface area contributed by atoms with Gasteiger partial charge in [0.25, 0.3) is 0 Å². The Kier molecular flexibility index (Phi) is 3.24. The largest absolute Gasteiger partial charge is 0.230 e. The van der Waals surface area contributed by atoms with E-state index in [0.717, 1.165) is 0 Å². The molecule has 2 aromatic carbocycles. The van der Waals surface area contributed by atoms with E-state index in [4.69, 9.17) is 0 Å². The lowest BCUT2D eigenvalue weighted by Gasteiger charge is -2.09. The first kappa shape index (κ1) is 11.8. The lowest BCUT2D eigenvalue weighted by Crippen LogP contribution is -2.09. The van der Waals surface area contributed by atoms with Gasteiger partial charge >= 0.3 is 0 Å². The molecular formula is C13H11FO2S. The molecule has 0 N–H and O–H groups in total. The number of halogens is 1. The highest BCUT2D eigenvalue weighted by Gasteiger charge is 2.28. The molecule has 88 valence electrons. The first-order valence-corrected chi connectivity index (χ1v) is 6.65. The van der Waals surface area contributed by atoms with Crippen molar-refractivity contribution in [3.05, 3.63) is 66.2 Å². The normalized spacial score (nSPS) is 13.2. The first-order chi connectivity index (χ1) is 8.12. The van der Waals surface area contributed by atoms with Gasteiger partial charge in [-0.3, -0.25) is 0 Å². The van der Waals surface area contributed by atoms with Crippen molar-refractivity contribution in [1.82, 2.24) is 0 Å². The van der Waals surface area contributed by atoms with Crippen LogP contribution in [-0.4, -0.2) is 8.42 Å². The van der Waals surface area contributed by atoms with E-state index in [2.05, 4.69) is 0 Å². The van der Waals surface area contributed by atoms with Gasteiger partial charge < -0.3 is 0 Å². The van der Waals surface area contributed by atoms with Crippen LogP contribution in [0.3, 0.4) is 0 Å². The van der Waals surface area contributed by atoms with E-state index in [1.165, 1.54) is 24.3 Å². The highest BCUT2D eigenvalue weighted by atomic mass is 32.2. The van der Waals surface area contributed by atoms with Gasteiger partial charge in [-0.25, -0.2) is 12.8 Å². The summed E-state index contributed by atoms with van der Waals surface area (Å²) in [6.45, 7) is 0. The first-order valence-electron chi connectivity index (χ1n) is 5.10. The molecule has 0 aliphatic carbocycles. The molecule has 0 spiro atoms. The van der Waals surface area contributed by atoms with Gasteiger partial charge in [0, 0.05) is 5.56 Å². The van der Waals surface area contributed by atoms with Gasteiger partial charge in [-0.1, -0.05) is 48.5 Å². The quantitative estimate of drug-likeness (QED) is 0.838. The van der Waals surface area contributed by atoms with Gasteiger partial charge in [-0.15, -0.1) is 0 Å². The number of sulfone groups is 1. The van der Waals surface area contributed by atoms with Crippen molar-refractivity contribution in [3.8, 4) is 0 Å². The summed E-state index contributed by atoms with van der Waals surface area (Å²) < 4.78 is 37.9. The monoisotopic (exact) mass is 250 g/mol. The summed E-state index contributed by atoms with van der Waals surface area (Å²) in [5.41, 5.74) is -1.87. The van der Waals surface area contributed by atoms with Crippen LogP contribution in [-0.2, 0) is 9.84 Å². The van der Waals surface area contributed by atoms with Crippen molar-refractivity contribution in [2.45, 2.75) is 10.4 Å². The Balaban J connectivity index is 2.41. The summed E-state index contributed by atoms with van der Waals surface area (Å²) in [6, 6.07) is 15.5. The molecule has 2 rings (SSSR count). The molecule has 0 saturated heterocycles. The van der Waals surface area contributed by atoms with Crippen LogP contribution in [0.5, 0.6) is 0 Å². The average molecular weight is 250 g/mol. The minimum absolute atomic E-state index is 0.00338. The van der Waals surface area contributed by atoms with Gasteiger partial charge in [0.15, 0.2) is 0 Å². The molecule has 0 heterocycles.